The largest absolute Gasteiger partial charge is 0.468 e. The molecular weight excluding hydrogens is 264 g/mol. The van der Waals surface area contributed by atoms with E-state index in [0.29, 0.717) is 17.1 Å². The summed E-state index contributed by atoms with van der Waals surface area (Å²) < 4.78 is 9.88. The average molecular weight is 280 g/mol. The molecule has 7 heteroatoms. The smallest absolute Gasteiger partial charge is 0.325 e. The van der Waals surface area contributed by atoms with Gasteiger partial charge in [-0.3, -0.25) is 14.5 Å². The van der Waals surface area contributed by atoms with Gasteiger partial charge in [-0.1, -0.05) is 0 Å². The van der Waals surface area contributed by atoms with Crippen LogP contribution in [0.1, 0.15) is 24.0 Å². The lowest BCUT2D eigenvalue weighted by Crippen LogP contribution is -2.41. The zero-order valence-corrected chi connectivity index (χ0v) is 11.8. The molecule has 0 saturated carbocycles. The van der Waals surface area contributed by atoms with Gasteiger partial charge in [-0.15, -0.1) is 0 Å². The number of aryl methyl sites for hydroxylation is 2. The fourth-order valence-electron chi connectivity index (χ4n) is 2.34. The molecule has 1 saturated heterocycles. The monoisotopic (exact) mass is 280 g/mol. The minimum Gasteiger partial charge on any atom is -0.468 e. The molecule has 3 amide bonds. The Balaban J connectivity index is 2.35. The number of ether oxygens (including phenoxy) is 1. The number of hydrogen-bond donors (Lipinski definition) is 1. The Morgan fingerprint density at radius 2 is 2.10 bits per heavy atom. The van der Waals surface area contributed by atoms with Gasteiger partial charge < -0.3 is 14.5 Å². The lowest BCUT2D eigenvalue weighted by molar-refractivity contribution is -0.145. The molecule has 1 atom stereocenters. The second kappa shape index (κ2) is 4.66. The van der Waals surface area contributed by atoms with Crippen LogP contribution in [0.5, 0.6) is 0 Å². The molecule has 1 aromatic heterocycles. The van der Waals surface area contributed by atoms with Crippen molar-refractivity contribution >= 4 is 17.9 Å². The number of amides is 3. The molecule has 1 N–H and O–H groups in total. The van der Waals surface area contributed by atoms with E-state index in [2.05, 4.69) is 10.1 Å². The van der Waals surface area contributed by atoms with Crippen molar-refractivity contribution in [2.24, 2.45) is 0 Å². The molecule has 108 valence electrons. The van der Waals surface area contributed by atoms with E-state index < -0.39 is 30.0 Å². The van der Waals surface area contributed by atoms with Crippen LogP contribution in [0.4, 0.5) is 4.79 Å². The van der Waals surface area contributed by atoms with Crippen LogP contribution in [0.3, 0.4) is 0 Å². The lowest BCUT2D eigenvalue weighted by Gasteiger charge is -2.20. The van der Waals surface area contributed by atoms with Crippen molar-refractivity contribution in [3.05, 3.63) is 23.2 Å². The number of nitrogens with one attached hydrogen (secondary N) is 1. The maximum absolute atomic E-state index is 12.4. The number of furan rings is 1. The third-order valence-corrected chi connectivity index (χ3v) is 3.37. The summed E-state index contributed by atoms with van der Waals surface area (Å²) in [6.07, 6.45) is 0. The zero-order valence-electron chi connectivity index (χ0n) is 11.8. The van der Waals surface area contributed by atoms with Gasteiger partial charge in [0.2, 0.25) is 0 Å². The van der Waals surface area contributed by atoms with Gasteiger partial charge in [-0.05, 0) is 26.8 Å². The summed E-state index contributed by atoms with van der Waals surface area (Å²) >= 11 is 0. The van der Waals surface area contributed by atoms with Gasteiger partial charge in [0.1, 0.15) is 23.6 Å². The predicted molar refractivity (Wildman–Crippen MR) is 67.8 cm³/mol. The number of methoxy groups -OCH3 is 1. The number of rotatable bonds is 3. The summed E-state index contributed by atoms with van der Waals surface area (Å²) in [6.45, 7) is 4.65. The normalized spacial score (nSPS) is 22.1. The van der Waals surface area contributed by atoms with Crippen molar-refractivity contribution < 1.29 is 23.5 Å². The standard InChI is InChI=1S/C13H16N2O5/c1-7-5-9(8(2)20-7)13(3)11(17)15(12(18)14-13)6-10(16)19-4/h5H,6H2,1-4H3,(H,14,18). The zero-order chi connectivity index (χ0) is 15.1. The lowest BCUT2D eigenvalue weighted by atomic mass is 9.92. The summed E-state index contributed by atoms with van der Waals surface area (Å²) in [5, 5.41) is 2.60. The average Bonchev–Trinajstić information content (AvgIpc) is 2.82. The van der Waals surface area contributed by atoms with E-state index in [1.807, 2.05) is 0 Å². The van der Waals surface area contributed by atoms with Crippen molar-refractivity contribution in [3.63, 3.8) is 0 Å². The number of esters is 1. The molecule has 0 spiro atoms. The highest BCUT2D eigenvalue weighted by Gasteiger charge is 2.51. The summed E-state index contributed by atoms with van der Waals surface area (Å²) in [5.74, 6) is 0.0420. The molecule has 2 heterocycles. The Hall–Kier alpha value is -2.31. The van der Waals surface area contributed by atoms with Crippen molar-refractivity contribution in [1.82, 2.24) is 10.2 Å². The van der Waals surface area contributed by atoms with E-state index in [-0.39, 0.29) is 0 Å². The topological polar surface area (TPSA) is 88.8 Å². The second-order valence-corrected chi connectivity index (χ2v) is 4.85. The van der Waals surface area contributed by atoms with E-state index >= 15 is 0 Å². The second-order valence-electron chi connectivity index (χ2n) is 4.85. The van der Waals surface area contributed by atoms with Crippen LogP contribution in [0.25, 0.3) is 0 Å². The number of nitrogens with zero attached hydrogens (tertiary/aromatic N) is 1. The minimum atomic E-state index is -1.23. The molecule has 0 radical (unpaired) electrons. The predicted octanol–water partition coefficient (Wildman–Crippen LogP) is 0.836. The molecule has 2 rings (SSSR count). The molecular formula is C13H16N2O5. The van der Waals surface area contributed by atoms with Crippen molar-refractivity contribution in [3.8, 4) is 0 Å². The Bertz CT molecular complexity index is 592. The third-order valence-electron chi connectivity index (χ3n) is 3.37. The number of hydrogen-bond acceptors (Lipinski definition) is 5. The Morgan fingerprint density at radius 3 is 2.60 bits per heavy atom. The van der Waals surface area contributed by atoms with Gasteiger partial charge in [-0.25, -0.2) is 4.79 Å². The van der Waals surface area contributed by atoms with Gasteiger partial charge in [0.05, 0.1) is 7.11 Å². The highest BCUT2D eigenvalue weighted by Crippen LogP contribution is 2.32. The number of carbonyl (C=O) groups is 3. The Kier molecular flexibility index (Phi) is 3.29. The molecule has 1 unspecified atom stereocenters. The fraction of sp³-hybridized carbons (Fsp3) is 0.462. The van der Waals surface area contributed by atoms with Crippen LogP contribution >= 0.6 is 0 Å². The van der Waals surface area contributed by atoms with E-state index in [4.69, 9.17) is 4.42 Å². The van der Waals surface area contributed by atoms with Crippen molar-refractivity contribution in [2.45, 2.75) is 26.3 Å². The number of carbonyl (C=O) groups excluding carboxylic acids is 3. The molecule has 1 aromatic rings. The van der Waals surface area contributed by atoms with Crippen LogP contribution in [-0.4, -0.2) is 36.5 Å². The highest BCUT2D eigenvalue weighted by molar-refractivity contribution is 6.08. The number of imide groups is 1. The van der Waals surface area contributed by atoms with Crippen molar-refractivity contribution in [2.75, 3.05) is 13.7 Å². The first-order valence-electron chi connectivity index (χ1n) is 6.08. The summed E-state index contributed by atoms with van der Waals surface area (Å²) in [6, 6.07) is 1.08. The van der Waals surface area contributed by atoms with Gasteiger partial charge in [-0.2, -0.15) is 0 Å². The molecule has 1 fully saturated rings. The maximum Gasteiger partial charge on any atom is 0.325 e. The maximum atomic E-state index is 12.4. The molecule has 1 aliphatic heterocycles. The van der Waals surface area contributed by atoms with Gasteiger partial charge >= 0.3 is 12.0 Å². The quantitative estimate of drug-likeness (QED) is 0.654. The summed E-state index contributed by atoms with van der Waals surface area (Å²) in [5.41, 5.74) is -0.645. The van der Waals surface area contributed by atoms with Gasteiger partial charge in [0, 0.05) is 5.56 Å². The van der Waals surface area contributed by atoms with Crippen LogP contribution < -0.4 is 5.32 Å². The van der Waals surface area contributed by atoms with E-state index in [1.54, 1.807) is 26.8 Å². The summed E-state index contributed by atoms with van der Waals surface area (Å²) in [4.78, 5) is 36.4. The molecule has 1 aliphatic rings. The molecule has 0 bridgehead atoms. The first-order chi connectivity index (χ1) is 9.29. The summed E-state index contributed by atoms with van der Waals surface area (Å²) in [7, 11) is 1.20. The first kappa shape index (κ1) is 14.1. The molecule has 0 aliphatic carbocycles. The van der Waals surface area contributed by atoms with E-state index in [9.17, 15) is 14.4 Å². The number of urea groups is 1. The fourth-order valence-corrected chi connectivity index (χ4v) is 2.34. The van der Waals surface area contributed by atoms with Crippen LogP contribution in [0.2, 0.25) is 0 Å². The first-order valence-corrected chi connectivity index (χ1v) is 6.08. The van der Waals surface area contributed by atoms with Crippen LogP contribution in [0, 0.1) is 13.8 Å². The highest BCUT2D eigenvalue weighted by atomic mass is 16.5. The van der Waals surface area contributed by atoms with Gasteiger partial charge in [0.15, 0.2) is 0 Å². The Morgan fingerprint density at radius 1 is 1.45 bits per heavy atom. The minimum absolute atomic E-state index is 0.410. The van der Waals surface area contributed by atoms with Gasteiger partial charge in [0.25, 0.3) is 5.91 Å². The molecule has 0 aromatic carbocycles. The molecule has 7 nitrogen and oxygen atoms in total. The Labute approximate surface area is 115 Å². The van der Waals surface area contributed by atoms with E-state index in [0.717, 1.165) is 4.90 Å². The van der Waals surface area contributed by atoms with Crippen LogP contribution in [-0.2, 0) is 19.9 Å². The van der Waals surface area contributed by atoms with E-state index in [1.165, 1.54) is 7.11 Å². The molecule has 20 heavy (non-hydrogen) atoms. The van der Waals surface area contributed by atoms with Crippen molar-refractivity contribution in [1.29, 1.82) is 0 Å². The SMILES string of the molecule is COC(=O)CN1C(=O)NC(C)(c2cc(C)oc2C)C1=O. The van der Waals surface area contributed by atoms with Crippen LogP contribution in [0.15, 0.2) is 10.5 Å². The third kappa shape index (κ3) is 2.04.